The second-order valence-electron chi connectivity index (χ2n) is 5.95. The van der Waals surface area contributed by atoms with Crippen LogP contribution in [0, 0.1) is 5.92 Å². The Balaban J connectivity index is 1.56. The van der Waals surface area contributed by atoms with Crippen LogP contribution in [0.1, 0.15) is 31.2 Å². The van der Waals surface area contributed by atoms with E-state index >= 15 is 0 Å². The van der Waals surface area contributed by atoms with Crippen LogP contribution in [0.25, 0.3) is 10.9 Å². The van der Waals surface area contributed by atoms with E-state index in [1.165, 1.54) is 0 Å². The lowest BCUT2D eigenvalue weighted by molar-refractivity contribution is -0.120. The van der Waals surface area contributed by atoms with Gasteiger partial charge in [-0.2, -0.15) is 0 Å². The van der Waals surface area contributed by atoms with Gasteiger partial charge in [0.25, 0.3) is 0 Å². The molecule has 0 spiro atoms. The summed E-state index contributed by atoms with van der Waals surface area (Å²) in [7, 11) is 0. The number of carbonyl (C=O) groups excluding carboxylic acids is 1. The molecule has 21 heavy (non-hydrogen) atoms. The second-order valence-corrected chi connectivity index (χ2v) is 5.95. The number of carbonyl (C=O) groups is 1. The molecular weight excluding hydrogens is 264 g/mol. The number of hydrogen-bond acceptors (Lipinski definition) is 2. The van der Waals surface area contributed by atoms with E-state index < -0.39 is 0 Å². The molecule has 1 aromatic heterocycles. The zero-order chi connectivity index (χ0) is 14.7. The van der Waals surface area contributed by atoms with Gasteiger partial charge in [0.2, 0.25) is 5.91 Å². The molecule has 1 aromatic carbocycles. The number of aromatic nitrogens is 1. The molecule has 2 unspecified atom stereocenters. The van der Waals surface area contributed by atoms with Crippen molar-refractivity contribution >= 4 is 16.8 Å². The third-order valence-corrected chi connectivity index (χ3v) is 4.46. The van der Waals surface area contributed by atoms with Gasteiger partial charge in [-0.25, -0.2) is 0 Å². The first-order valence-corrected chi connectivity index (χ1v) is 7.74. The van der Waals surface area contributed by atoms with Crippen LogP contribution in [-0.2, 0) is 11.2 Å². The van der Waals surface area contributed by atoms with Crippen molar-refractivity contribution < 1.29 is 9.90 Å². The topological polar surface area (TPSA) is 65.1 Å². The first kappa shape index (κ1) is 14.1. The summed E-state index contributed by atoms with van der Waals surface area (Å²) < 4.78 is 0. The van der Waals surface area contributed by atoms with Crippen molar-refractivity contribution in [3.05, 3.63) is 36.0 Å². The molecule has 1 aliphatic carbocycles. The van der Waals surface area contributed by atoms with Crippen LogP contribution >= 0.6 is 0 Å². The lowest BCUT2D eigenvalue weighted by Crippen LogP contribution is -2.37. The minimum Gasteiger partial charge on any atom is -0.393 e. The highest BCUT2D eigenvalue weighted by Gasteiger charge is 2.23. The zero-order valence-electron chi connectivity index (χ0n) is 12.1. The van der Waals surface area contributed by atoms with E-state index in [0.29, 0.717) is 13.0 Å². The summed E-state index contributed by atoms with van der Waals surface area (Å²) >= 11 is 0. The maximum atomic E-state index is 12.1. The molecule has 1 amide bonds. The van der Waals surface area contributed by atoms with Gasteiger partial charge in [0.15, 0.2) is 0 Å². The number of aromatic amines is 1. The standard InChI is InChI=1S/C17H22N2O2/c20-16-8-4-1-5-12(16)10-19-17(21)9-13-11-18-15-7-3-2-6-14(13)15/h2-3,6-7,11-12,16,18,20H,1,4-5,8-10H2,(H,19,21). The number of nitrogens with one attached hydrogen (secondary N) is 2. The fraction of sp³-hybridized carbons (Fsp3) is 0.471. The van der Waals surface area contributed by atoms with Gasteiger partial charge in [-0.05, 0) is 24.5 Å². The SMILES string of the molecule is O=C(Cc1c[nH]c2ccccc12)NCC1CCCCC1O. The smallest absolute Gasteiger partial charge is 0.224 e. The number of hydrogen-bond donors (Lipinski definition) is 3. The fourth-order valence-corrected chi connectivity index (χ4v) is 3.18. The summed E-state index contributed by atoms with van der Waals surface area (Å²) in [5, 5.41) is 14.0. The zero-order valence-corrected chi connectivity index (χ0v) is 12.1. The van der Waals surface area contributed by atoms with Crippen LogP contribution in [0.3, 0.4) is 0 Å². The number of para-hydroxylation sites is 1. The van der Waals surface area contributed by atoms with Crippen LogP contribution in [0.5, 0.6) is 0 Å². The van der Waals surface area contributed by atoms with E-state index in [2.05, 4.69) is 10.3 Å². The Morgan fingerprint density at radius 1 is 1.29 bits per heavy atom. The molecule has 2 atom stereocenters. The molecule has 4 heteroatoms. The summed E-state index contributed by atoms with van der Waals surface area (Å²) in [5.41, 5.74) is 2.08. The van der Waals surface area contributed by atoms with Crippen molar-refractivity contribution in [2.45, 2.75) is 38.2 Å². The largest absolute Gasteiger partial charge is 0.393 e. The lowest BCUT2D eigenvalue weighted by Gasteiger charge is -2.27. The molecule has 0 aliphatic heterocycles. The molecule has 1 saturated carbocycles. The Morgan fingerprint density at radius 2 is 2.10 bits per heavy atom. The van der Waals surface area contributed by atoms with Crippen molar-refractivity contribution in [2.24, 2.45) is 5.92 Å². The van der Waals surface area contributed by atoms with Crippen molar-refractivity contribution in [2.75, 3.05) is 6.54 Å². The summed E-state index contributed by atoms with van der Waals surface area (Å²) in [6.07, 6.45) is 6.15. The maximum absolute atomic E-state index is 12.1. The monoisotopic (exact) mass is 286 g/mol. The third kappa shape index (κ3) is 3.27. The fourth-order valence-electron chi connectivity index (χ4n) is 3.18. The molecule has 3 rings (SSSR count). The molecular formula is C17H22N2O2. The number of aliphatic hydroxyl groups is 1. The molecule has 0 bridgehead atoms. The van der Waals surface area contributed by atoms with E-state index in [4.69, 9.17) is 0 Å². The Hall–Kier alpha value is -1.81. The van der Waals surface area contributed by atoms with Crippen molar-refractivity contribution in [3.8, 4) is 0 Å². The Morgan fingerprint density at radius 3 is 2.95 bits per heavy atom. The molecule has 112 valence electrons. The van der Waals surface area contributed by atoms with Gasteiger partial charge >= 0.3 is 0 Å². The van der Waals surface area contributed by atoms with Crippen LogP contribution < -0.4 is 5.32 Å². The van der Waals surface area contributed by atoms with Gasteiger partial charge in [-0.15, -0.1) is 0 Å². The minimum atomic E-state index is -0.257. The lowest BCUT2D eigenvalue weighted by atomic mass is 9.86. The number of benzene rings is 1. The van der Waals surface area contributed by atoms with Crippen molar-refractivity contribution in [1.82, 2.24) is 10.3 Å². The average Bonchev–Trinajstić information content (AvgIpc) is 2.90. The second kappa shape index (κ2) is 6.31. The minimum absolute atomic E-state index is 0.0255. The molecule has 4 nitrogen and oxygen atoms in total. The Kier molecular flexibility index (Phi) is 4.25. The van der Waals surface area contributed by atoms with E-state index in [0.717, 1.165) is 42.1 Å². The number of aliphatic hydroxyl groups excluding tert-OH is 1. The highest BCUT2D eigenvalue weighted by Crippen LogP contribution is 2.23. The molecule has 0 saturated heterocycles. The molecule has 1 heterocycles. The highest BCUT2D eigenvalue weighted by molar-refractivity contribution is 5.88. The van der Waals surface area contributed by atoms with E-state index in [1.807, 2.05) is 30.5 Å². The Labute approximate surface area is 124 Å². The van der Waals surface area contributed by atoms with E-state index in [-0.39, 0.29) is 17.9 Å². The van der Waals surface area contributed by atoms with Gasteiger partial charge in [0.05, 0.1) is 12.5 Å². The molecule has 1 aliphatic rings. The first-order chi connectivity index (χ1) is 10.2. The summed E-state index contributed by atoms with van der Waals surface area (Å²) in [6.45, 7) is 0.586. The predicted octanol–water partition coefficient (Wildman–Crippen LogP) is 2.38. The quantitative estimate of drug-likeness (QED) is 0.808. The van der Waals surface area contributed by atoms with Crippen molar-refractivity contribution in [1.29, 1.82) is 0 Å². The Bertz CT molecular complexity index is 620. The number of amides is 1. The molecule has 2 aromatic rings. The molecule has 0 radical (unpaired) electrons. The highest BCUT2D eigenvalue weighted by atomic mass is 16.3. The number of H-pyrrole nitrogens is 1. The van der Waals surface area contributed by atoms with Crippen LogP contribution in [0.4, 0.5) is 0 Å². The van der Waals surface area contributed by atoms with E-state index in [9.17, 15) is 9.90 Å². The van der Waals surface area contributed by atoms with Gasteiger partial charge in [0, 0.05) is 29.6 Å². The predicted molar refractivity (Wildman–Crippen MR) is 83.0 cm³/mol. The average molecular weight is 286 g/mol. The van der Waals surface area contributed by atoms with Gasteiger partial charge in [-0.3, -0.25) is 4.79 Å². The van der Waals surface area contributed by atoms with Crippen molar-refractivity contribution in [3.63, 3.8) is 0 Å². The van der Waals surface area contributed by atoms with Crippen LogP contribution in [-0.4, -0.2) is 28.6 Å². The summed E-state index contributed by atoms with van der Waals surface area (Å²) in [5.74, 6) is 0.239. The number of rotatable bonds is 4. The summed E-state index contributed by atoms with van der Waals surface area (Å²) in [4.78, 5) is 15.3. The van der Waals surface area contributed by atoms with E-state index in [1.54, 1.807) is 0 Å². The normalized spacial score (nSPS) is 22.3. The maximum Gasteiger partial charge on any atom is 0.224 e. The summed E-state index contributed by atoms with van der Waals surface area (Å²) in [6, 6.07) is 8.00. The van der Waals surface area contributed by atoms with Gasteiger partial charge in [0.1, 0.15) is 0 Å². The van der Waals surface area contributed by atoms with Crippen LogP contribution in [0.15, 0.2) is 30.5 Å². The van der Waals surface area contributed by atoms with Crippen LogP contribution in [0.2, 0.25) is 0 Å². The molecule has 3 N–H and O–H groups in total. The molecule has 1 fully saturated rings. The van der Waals surface area contributed by atoms with Gasteiger partial charge in [-0.1, -0.05) is 31.0 Å². The third-order valence-electron chi connectivity index (χ3n) is 4.46. The number of fused-ring (bicyclic) bond motifs is 1. The van der Waals surface area contributed by atoms with Gasteiger partial charge < -0.3 is 15.4 Å². The first-order valence-electron chi connectivity index (χ1n) is 7.74.